The number of fused-ring (bicyclic) bond motifs is 1. The van der Waals surface area contributed by atoms with E-state index in [0.29, 0.717) is 41.0 Å². The number of amides is 1. The van der Waals surface area contributed by atoms with Crippen molar-refractivity contribution < 1.29 is 18.0 Å². The molecule has 9 nitrogen and oxygen atoms in total. The van der Waals surface area contributed by atoms with E-state index in [1.807, 2.05) is 6.92 Å². The lowest BCUT2D eigenvalue weighted by Crippen LogP contribution is -2.42. The number of aromatic amines is 1. The van der Waals surface area contributed by atoms with Crippen molar-refractivity contribution in [3.05, 3.63) is 17.2 Å². The minimum absolute atomic E-state index is 0.0615. The molecule has 1 aromatic carbocycles. The van der Waals surface area contributed by atoms with Crippen LogP contribution in [0.15, 0.2) is 16.5 Å². The van der Waals surface area contributed by atoms with Crippen molar-refractivity contribution in [2.45, 2.75) is 38.2 Å². The Labute approximate surface area is 174 Å². The highest BCUT2D eigenvalue weighted by molar-refractivity contribution is 6.35. The number of nitrogens with one attached hydrogen (secondary N) is 2. The van der Waals surface area contributed by atoms with Gasteiger partial charge in [-0.25, -0.2) is 8.78 Å². The number of aromatic nitrogens is 5. The number of H-pyrrole nitrogens is 1. The summed E-state index contributed by atoms with van der Waals surface area (Å²) in [5.41, 5.74) is 0.560. The second kappa shape index (κ2) is 6.59. The molecule has 12 heteroatoms. The van der Waals surface area contributed by atoms with Gasteiger partial charge in [-0.3, -0.25) is 9.89 Å². The van der Waals surface area contributed by atoms with Crippen molar-refractivity contribution in [3.63, 3.8) is 0 Å². The van der Waals surface area contributed by atoms with E-state index in [4.69, 9.17) is 16.0 Å². The fourth-order valence-corrected chi connectivity index (χ4v) is 4.26. The van der Waals surface area contributed by atoms with Gasteiger partial charge in [0.05, 0.1) is 21.5 Å². The molecule has 0 bridgehead atoms. The Balaban J connectivity index is 1.32. The number of benzene rings is 1. The summed E-state index contributed by atoms with van der Waals surface area (Å²) in [4.78, 5) is 14.4. The number of rotatable bonds is 5. The second-order valence-electron chi connectivity index (χ2n) is 7.82. The van der Waals surface area contributed by atoms with Gasteiger partial charge in [0.1, 0.15) is 11.6 Å². The van der Waals surface area contributed by atoms with Crippen LogP contribution in [0.1, 0.15) is 26.2 Å². The number of nitrogens with zero attached hydrogens (tertiary/aromatic N) is 5. The van der Waals surface area contributed by atoms with Gasteiger partial charge in [0.15, 0.2) is 0 Å². The zero-order chi connectivity index (χ0) is 21.1. The van der Waals surface area contributed by atoms with Crippen molar-refractivity contribution in [1.29, 1.82) is 0 Å². The number of halogens is 3. The van der Waals surface area contributed by atoms with Crippen LogP contribution in [0, 0.1) is 5.41 Å². The highest BCUT2D eigenvalue weighted by Gasteiger charge is 2.73. The molecule has 158 valence electrons. The Hall–Kier alpha value is -2.82. The summed E-state index contributed by atoms with van der Waals surface area (Å²) < 4.78 is 32.9. The predicted octanol–water partition coefficient (Wildman–Crippen LogP) is 3.11. The van der Waals surface area contributed by atoms with Crippen molar-refractivity contribution in [2.75, 3.05) is 18.4 Å². The molecule has 1 aliphatic carbocycles. The minimum atomic E-state index is -2.66. The van der Waals surface area contributed by atoms with Crippen LogP contribution in [0.5, 0.6) is 0 Å². The molecule has 1 saturated carbocycles. The maximum absolute atomic E-state index is 13.6. The van der Waals surface area contributed by atoms with Gasteiger partial charge in [0.2, 0.25) is 5.91 Å². The van der Waals surface area contributed by atoms with Crippen molar-refractivity contribution >= 4 is 34.6 Å². The topological polar surface area (TPSA) is 113 Å². The van der Waals surface area contributed by atoms with E-state index in [1.54, 1.807) is 12.1 Å². The van der Waals surface area contributed by atoms with Crippen LogP contribution in [-0.4, -0.2) is 61.5 Å². The summed E-state index contributed by atoms with van der Waals surface area (Å²) in [5, 5.41) is 21.8. The Morgan fingerprint density at radius 3 is 2.90 bits per heavy atom. The van der Waals surface area contributed by atoms with E-state index >= 15 is 0 Å². The van der Waals surface area contributed by atoms with Crippen LogP contribution < -0.4 is 5.32 Å². The maximum Gasteiger partial charge on any atom is 0.316 e. The predicted molar refractivity (Wildman–Crippen MR) is 103 cm³/mol. The zero-order valence-electron chi connectivity index (χ0n) is 16.0. The lowest BCUT2D eigenvalue weighted by Gasteiger charge is -2.22. The molecular formula is C18H18ClF2N7O2. The first-order chi connectivity index (χ1) is 14.3. The molecule has 1 saturated heterocycles. The smallest absolute Gasteiger partial charge is 0.316 e. The normalized spacial score (nSPS) is 23.3. The van der Waals surface area contributed by atoms with E-state index in [-0.39, 0.29) is 30.8 Å². The van der Waals surface area contributed by atoms with Gasteiger partial charge in [-0.05, 0) is 25.0 Å². The van der Waals surface area contributed by atoms with Gasteiger partial charge in [0.25, 0.3) is 11.8 Å². The standard InChI is InChI=1S/C18H18ClF2N7O2/c1-2-11(15(29)28-6-5-17(8-28)7-18(17,20)21)22-16-26-25-14(30-16)9-3-4-10(19)13-12(9)23-27-24-13/h3-4,11H,2,5-8H2,1H3,(H,22,26)(H,23,24,27). The number of hydrogen-bond acceptors (Lipinski definition) is 7. The SMILES string of the molecule is CCC(Nc1nnc(-c2ccc(Cl)c3nn[nH]c23)o1)C(=O)N1CCC2(C1)CC2(F)F. The summed E-state index contributed by atoms with van der Waals surface area (Å²) >= 11 is 6.10. The molecule has 1 aliphatic heterocycles. The first-order valence-electron chi connectivity index (χ1n) is 9.60. The zero-order valence-corrected chi connectivity index (χ0v) is 16.7. The van der Waals surface area contributed by atoms with Crippen molar-refractivity contribution in [1.82, 2.24) is 30.5 Å². The molecular weight excluding hydrogens is 420 g/mol. The van der Waals surface area contributed by atoms with E-state index < -0.39 is 17.4 Å². The Morgan fingerprint density at radius 1 is 1.40 bits per heavy atom. The molecule has 2 unspecified atom stereocenters. The van der Waals surface area contributed by atoms with Gasteiger partial charge in [-0.2, -0.15) is 0 Å². The number of alkyl halides is 2. The molecule has 2 N–H and O–H groups in total. The molecule has 1 amide bonds. The van der Waals surface area contributed by atoms with Crippen LogP contribution in [0.25, 0.3) is 22.5 Å². The third kappa shape index (κ3) is 2.91. The highest BCUT2D eigenvalue weighted by Crippen LogP contribution is 2.65. The third-order valence-corrected chi connectivity index (χ3v) is 6.28. The first-order valence-corrected chi connectivity index (χ1v) is 9.98. The highest BCUT2D eigenvalue weighted by atomic mass is 35.5. The summed E-state index contributed by atoms with van der Waals surface area (Å²) in [7, 11) is 0. The Morgan fingerprint density at radius 2 is 2.20 bits per heavy atom. The molecule has 3 heterocycles. The summed E-state index contributed by atoms with van der Waals surface area (Å²) in [6.07, 6.45) is 0.628. The number of hydrogen-bond donors (Lipinski definition) is 2. The van der Waals surface area contributed by atoms with Crippen LogP contribution in [-0.2, 0) is 4.79 Å². The minimum Gasteiger partial charge on any atom is -0.403 e. The van der Waals surface area contributed by atoms with E-state index in [2.05, 4.69) is 30.9 Å². The molecule has 2 fully saturated rings. The first kappa shape index (κ1) is 19.2. The lowest BCUT2D eigenvalue weighted by molar-refractivity contribution is -0.131. The molecule has 3 aromatic rings. The number of carbonyl (C=O) groups is 1. The second-order valence-corrected chi connectivity index (χ2v) is 8.23. The molecule has 1 spiro atoms. The maximum atomic E-state index is 13.6. The monoisotopic (exact) mass is 437 g/mol. The van der Waals surface area contributed by atoms with E-state index in [0.717, 1.165) is 0 Å². The fourth-order valence-electron chi connectivity index (χ4n) is 4.06. The average molecular weight is 438 g/mol. The van der Waals surface area contributed by atoms with Gasteiger partial charge in [-0.1, -0.05) is 28.8 Å². The van der Waals surface area contributed by atoms with Gasteiger partial charge in [-0.15, -0.1) is 10.2 Å². The van der Waals surface area contributed by atoms with Crippen LogP contribution in [0.3, 0.4) is 0 Å². The fraction of sp³-hybridized carbons (Fsp3) is 0.500. The molecule has 30 heavy (non-hydrogen) atoms. The van der Waals surface area contributed by atoms with Gasteiger partial charge < -0.3 is 14.6 Å². The molecule has 2 aromatic heterocycles. The molecule has 0 radical (unpaired) electrons. The number of carbonyl (C=O) groups excluding carboxylic acids is 1. The number of anilines is 1. The van der Waals surface area contributed by atoms with Crippen LogP contribution in [0.2, 0.25) is 5.02 Å². The third-order valence-electron chi connectivity index (χ3n) is 5.98. The van der Waals surface area contributed by atoms with E-state index in [9.17, 15) is 13.6 Å². The summed E-state index contributed by atoms with van der Waals surface area (Å²) in [5.74, 6) is -2.71. The van der Waals surface area contributed by atoms with E-state index in [1.165, 1.54) is 4.90 Å². The van der Waals surface area contributed by atoms with Crippen LogP contribution in [0.4, 0.5) is 14.8 Å². The molecule has 2 aliphatic rings. The summed E-state index contributed by atoms with van der Waals surface area (Å²) in [6, 6.07) is 2.75. The van der Waals surface area contributed by atoms with Gasteiger partial charge in [0, 0.05) is 19.5 Å². The summed E-state index contributed by atoms with van der Waals surface area (Å²) in [6.45, 7) is 2.24. The Kier molecular flexibility index (Phi) is 4.21. The Bertz CT molecular complexity index is 1130. The van der Waals surface area contributed by atoms with Crippen molar-refractivity contribution in [2.24, 2.45) is 5.41 Å². The molecule has 5 rings (SSSR count). The quantitative estimate of drug-likeness (QED) is 0.630. The van der Waals surface area contributed by atoms with Crippen molar-refractivity contribution in [3.8, 4) is 11.5 Å². The average Bonchev–Trinajstić information content (AvgIpc) is 3.27. The van der Waals surface area contributed by atoms with Crippen LogP contribution >= 0.6 is 11.6 Å². The van der Waals surface area contributed by atoms with Gasteiger partial charge >= 0.3 is 6.01 Å². The molecule has 2 atom stereocenters. The largest absolute Gasteiger partial charge is 0.403 e. The lowest BCUT2D eigenvalue weighted by atomic mass is 10.1. The number of likely N-dealkylation sites (tertiary alicyclic amines) is 1.